The second kappa shape index (κ2) is 13.9. The van der Waals surface area contributed by atoms with Gasteiger partial charge in [-0.2, -0.15) is 0 Å². The van der Waals surface area contributed by atoms with Crippen molar-refractivity contribution in [1.82, 2.24) is 0 Å². The molecule has 12 aromatic rings. The topological polar surface area (TPSA) is 16.4 Å². The molecule has 0 aliphatic heterocycles. The van der Waals surface area contributed by atoms with Gasteiger partial charge in [0.2, 0.25) is 0 Å². The van der Waals surface area contributed by atoms with Crippen LogP contribution in [0.25, 0.3) is 98.4 Å². The van der Waals surface area contributed by atoms with E-state index in [0.29, 0.717) is 0 Å². The first-order valence-electron chi connectivity index (χ1n) is 20.6. The molecular formula is C58H37NO. The Bertz CT molecular complexity index is 3600. The van der Waals surface area contributed by atoms with Gasteiger partial charge in [-0.3, -0.25) is 0 Å². The first-order chi connectivity index (χ1) is 29.8. The number of benzene rings is 11. The number of hydrogen-bond acceptors (Lipinski definition) is 2. The van der Waals surface area contributed by atoms with Crippen LogP contribution in [0.1, 0.15) is 0 Å². The Hall–Kier alpha value is -7.94. The van der Waals surface area contributed by atoms with E-state index in [9.17, 15) is 0 Å². The fraction of sp³-hybridized carbons (Fsp3) is 0. The Labute approximate surface area is 347 Å². The monoisotopic (exact) mass is 763 g/mol. The highest BCUT2D eigenvalue weighted by atomic mass is 16.3. The van der Waals surface area contributed by atoms with Crippen molar-refractivity contribution in [3.8, 4) is 33.4 Å². The van der Waals surface area contributed by atoms with E-state index < -0.39 is 0 Å². The highest BCUT2D eigenvalue weighted by Gasteiger charge is 2.22. The molecule has 11 aromatic carbocycles. The molecule has 0 aliphatic carbocycles. The minimum Gasteiger partial charge on any atom is -0.455 e. The van der Waals surface area contributed by atoms with Crippen LogP contribution < -0.4 is 4.90 Å². The Morgan fingerprint density at radius 3 is 1.70 bits per heavy atom. The van der Waals surface area contributed by atoms with Crippen LogP contribution in [0.15, 0.2) is 229 Å². The number of rotatable bonds is 6. The van der Waals surface area contributed by atoms with Gasteiger partial charge in [-0.15, -0.1) is 0 Å². The lowest BCUT2D eigenvalue weighted by atomic mass is 9.90. The summed E-state index contributed by atoms with van der Waals surface area (Å²) in [5.41, 5.74) is 12.2. The molecule has 0 radical (unpaired) electrons. The molecule has 12 rings (SSSR count). The third-order valence-corrected chi connectivity index (χ3v) is 12.2. The lowest BCUT2D eigenvalue weighted by Crippen LogP contribution is -2.10. The van der Waals surface area contributed by atoms with E-state index in [-0.39, 0.29) is 0 Å². The first-order valence-corrected chi connectivity index (χ1v) is 20.6. The molecule has 0 saturated carbocycles. The van der Waals surface area contributed by atoms with Crippen LogP contribution in [0.2, 0.25) is 0 Å². The molecule has 0 unspecified atom stereocenters. The van der Waals surface area contributed by atoms with Gasteiger partial charge in [0, 0.05) is 22.1 Å². The van der Waals surface area contributed by atoms with E-state index >= 15 is 0 Å². The van der Waals surface area contributed by atoms with Crippen molar-refractivity contribution in [3.63, 3.8) is 0 Å². The molecule has 0 N–H and O–H groups in total. The third-order valence-electron chi connectivity index (χ3n) is 12.2. The summed E-state index contributed by atoms with van der Waals surface area (Å²) in [4.78, 5) is 2.40. The zero-order chi connectivity index (χ0) is 39.6. The Morgan fingerprint density at radius 1 is 0.300 bits per heavy atom. The normalized spacial score (nSPS) is 11.7. The maximum Gasteiger partial charge on any atom is 0.143 e. The summed E-state index contributed by atoms with van der Waals surface area (Å²) in [5, 5.41) is 11.9. The van der Waals surface area contributed by atoms with Crippen molar-refractivity contribution >= 4 is 82.1 Å². The molecule has 0 spiro atoms. The highest BCUT2D eigenvalue weighted by Crippen LogP contribution is 2.46. The summed E-state index contributed by atoms with van der Waals surface area (Å²) in [5.74, 6) is 0. The molecule has 0 saturated heterocycles. The molecule has 0 aliphatic rings. The number of nitrogens with zero attached hydrogens (tertiary/aromatic N) is 1. The number of fused-ring (bicyclic) bond motifs is 9. The largest absolute Gasteiger partial charge is 0.455 e. The van der Waals surface area contributed by atoms with Gasteiger partial charge in [0.15, 0.2) is 0 Å². The van der Waals surface area contributed by atoms with E-state index in [4.69, 9.17) is 4.42 Å². The van der Waals surface area contributed by atoms with Crippen molar-refractivity contribution in [2.24, 2.45) is 0 Å². The molecule has 0 bridgehead atoms. The first kappa shape index (κ1) is 34.1. The Balaban J connectivity index is 1.06. The van der Waals surface area contributed by atoms with Gasteiger partial charge in [-0.25, -0.2) is 0 Å². The summed E-state index contributed by atoms with van der Waals surface area (Å²) in [6, 6.07) is 81.2. The average molecular weight is 764 g/mol. The standard InChI is InChI=1S/C58H37NO/c1-2-14-38(15-3-1)45-19-8-9-20-46(45)40-28-31-43(32-29-40)59(55-26-13-27-56-57(55)53-34-30-39-16-4-7-22-49(39)58(53)60-56)44-33-35-48-41(36-44)18-12-25-51(48)54-37-42-17-5-6-21-47(42)50-23-10-11-24-52(50)54/h1-37H. The van der Waals surface area contributed by atoms with E-state index in [2.05, 4.69) is 229 Å². The minimum absolute atomic E-state index is 0.864. The van der Waals surface area contributed by atoms with E-state index in [1.165, 1.54) is 71.1 Å². The number of anilines is 3. The quantitative estimate of drug-likeness (QED) is 0.157. The summed E-state index contributed by atoms with van der Waals surface area (Å²) in [7, 11) is 0. The number of hydrogen-bond donors (Lipinski definition) is 0. The van der Waals surface area contributed by atoms with Crippen LogP contribution in [0.5, 0.6) is 0 Å². The van der Waals surface area contributed by atoms with Crippen LogP contribution >= 0.6 is 0 Å². The molecule has 2 nitrogen and oxygen atoms in total. The second-order valence-electron chi connectivity index (χ2n) is 15.6. The summed E-state index contributed by atoms with van der Waals surface area (Å²) < 4.78 is 6.73. The van der Waals surface area contributed by atoms with Crippen molar-refractivity contribution in [2.75, 3.05) is 4.90 Å². The summed E-state index contributed by atoms with van der Waals surface area (Å²) >= 11 is 0. The maximum atomic E-state index is 6.73. The third kappa shape index (κ3) is 5.50. The smallest absolute Gasteiger partial charge is 0.143 e. The van der Waals surface area contributed by atoms with Crippen molar-refractivity contribution in [1.29, 1.82) is 0 Å². The van der Waals surface area contributed by atoms with Gasteiger partial charge in [-0.05, 0) is 120 Å². The van der Waals surface area contributed by atoms with Gasteiger partial charge in [0.05, 0.1) is 11.1 Å². The molecule has 1 aromatic heterocycles. The fourth-order valence-corrected chi connectivity index (χ4v) is 9.47. The molecule has 280 valence electrons. The average Bonchev–Trinajstić information content (AvgIpc) is 3.72. The molecule has 0 fully saturated rings. The van der Waals surface area contributed by atoms with Crippen molar-refractivity contribution in [2.45, 2.75) is 0 Å². The summed E-state index contributed by atoms with van der Waals surface area (Å²) in [6.07, 6.45) is 0. The van der Waals surface area contributed by atoms with E-state index in [1.54, 1.807) is 0 Å². The van der Waals surface area contributed by atoms with Gasteiger partial charge in [-0.1, -0.05) is 176 Å². The molecule has 1 heterocycles. The minimum atomic E-state index is 0.864. The highest BCUT2D eigenvalue weighted by molar-refractivity contribution is 6.20. The number of furan rings is 1. The van der Waals surface area contributed by atoms with Crippen LogP contribution in [0.4, 0.5) is 17.1 Å². The lowest BCUT2D eigenvalue weighted by Gasteiger charge is -2.27. The fourth-order valence-electron chi connectivity index (χ4n) is 9.47. The predicted molar refractivity (Wildman–Crippen MR) is 255 cm³/mol. The van der Waals surface area contributed by atoms with E-state index in [0.717, 1.165) is 44.4 Å². The van der Waals surface area contributed by atoms with Crippen LogP contribution in [0, 0.1) is 0 Å². The lowest BCUT2D eigenvalue weighted by molar-refractivity contribution is 0.672. The Kier molecular flexibility index (Phi) is 7.89. The van der Waals surface area contributed by atoms with Gasteiger partial charge >= 0.3 is 0 Å². The maximum absolute atomic E-state index is 6.73. The van der Waals surface area contributed by atoms with Crippen molar-refractivity contribution < 1.29 is 4.42 Å². The van der Waals surface area contributed by atoms with Crippen molar-refractivity contribution in [3.05, 3.63) is 224 Å². The zero-order valence-corrected chi connectivity index (χ0v) is 32.7. The molecule has 60 heavy (non-hydrogen) atoms. The SMILES string of the molecule is c1ccc(-c2ccccc2-c2ccc(N(c3ccc4c(-c5cc6ccccc6c6ccccc56)cccc4c3)c3cccc4oc5c6ccccc6ccc5c34)cc2)cc1. The molecule has 0 atom stereocenters. The van der Waals surface area contributed by atoms with Gasteiger partial charge in [0.25, 0.3) is 0 Å². The second-order valence-corrected chi connectivity index (χ2v) is 15.6. The Morgan fingerprint density at radius 2 is 0.883 bits per heavy atom. The summed E-state index contributed by atoms with van der Waals surface area (Å²) in [6.45, 7) is 0. The van der Waals surface area contributed by atoms with Crippen LogP contribution in [-0.4, -0.2) is 0 Å². The molecule has 2 heteroatoms. The van der Waals surface area contributed by atoms with Gasteiger partial charge < -0.3 is 9.32 Å². The van der Waals surface area contributed by atoms with E-state index in [1.807, 2.05) is 0 Å². The molecule has 0 amide bonds. The van der Waals surface area contributed by atoms with Crippen LogP contribution in [-0.2, 0) is 0 Å². The predicted octanol–water partition coefficient (Wildman–Crippen LogP) is 16.7. The molecular weight excluding hydrogens is 727 g/mol. The van der Waals surface area contributed by atoms with Crippen LogP contribution in [0.3, 0.4) is 0 Å². The van der Waals surface area contributed by atoms with Gasteiger partial charge in [0.1, 0.15) is 11.2 Å². The zero-order valence-electron chi connectivity index (χ0n) is 32.7.